The number of aromatic nitrogens is 5. The fourth-order valence-electron chi connectivity index (χ4n) is 1.55. The third-order valence-corrected chi connectivity index (χ3v) is 2.94. The Kier molecular flexibility index (Phi) is 2.45. The van der Waals surface area contributed by atoms with Crippen molar-refractivity contribution < 1.29 is 0 Å². The molecule has 0 spiro atoms. The molecule has 1 N–H and O–H groups in total. The lowest BCUT2D eigenvalue weighted by Gasteiger charge is -2.02. The molecule has 7 heteroatoms. The Morgan fingerprint density at radius 1 is 1.47 bits per heavy atom. The number of fused-ring (bicyclic) bond motifs is 1. The molecule has 0 fully saturated rings. The van der Waals surface area contributed by atoms with E-state index in [0.29, 0.717) is 6.54 Å². The van der Waals surface area contributed by atoms with Gasteiger partial charge in [0.2, 0.25) is 5.13 Å². The highest BCUT2D eigenvalue weighted by atomic mass is 32.1. The second-order valence-corrected chi connectivity index (χ2v) is 4.48. The van der Waals surface area contributed by atoms with Crippen LogP contribution < -0.4 is 5.32 Å². The van der Waals surface area contributed by atoms with Gasteiger partial charge in [-0.25, -0.2) is 9.50 Å². The standard InChI is InChI=1S/C10H10N6S/c1-7-2-9-11-3-8(5-16(9)15-7)4-12-10-14-13-6-17-10/h2-3,5-6H,4H2,1H3,(H,12,14). The average Bonchev–Trinajstić information content (AvgIpc) is 2.92. The average molecular weight is 246 g/mol. The number of nitrogens with zero attached hydrogens (tertiary/aromatic N) is 5. The monoisotopic (exact) mass is 246 g/mol. The van der Waals surface area contributed by atoms with Crippen LogP contribution in [-0.2, 0) is 6.54 Å². The van der Waals surface area contributed by atoms with Crippen LogP contribution in [0.25, 0.3) is 5.65 Å². The summed E-state index contributed by atoms with van der Waals surface area (Å²) in [5.41, 5.74) is 4.57. The van der Waals surface area contributed by atoms with Crippen molar-refractivity contribution in [2.24, 2.45) is 0 Å². The van der Waals surface area contributed by atoms with Gasteiger partial charge in [0.15, 0.2) is 5.65 Å². The second-order valence-electron chi connectivity index (χ2n) is 3.65. The maximum absolute atomic E-state index is 4.33. The predicted octanol–water partition coefficient (Wildman–Crippen LogP) is 1.50. The molecule has 6 nitrogen and oxygen atoms in total. The van der Waals surface area contributed by atoms with E-state index in [1.54, 1.807) is 10.0 Å². The quantitative estimate of drug-likeness (QED) is 0.758. The van der Waals surface area contributed by atoms with Crippen molar-refractivity contribution in [1.82, 2.24) is 24.8 Å². The topological polar surface area (TPSA) is 68.0 Å². The van der Waals surface area contributed by atoms with Crippen molar-refractivity contribution in [2.75, 3.05) is 5.32 Å². The summed E-state index contributed by atoms with van der Waals surface area (Å²) in [7, 11) is 0. The van der Waals surface area contributed by atoms with Crippen LogP contribution in [0, 0.1) is 6.92 Å². The Balaban J connectivity index is 1.81. The van der Waals surface area contributed by atoms with Gasteiger partial charge in [0, 0.05) is 30.6 Å². The number of nitrogens with one attached hydrogen (secondary N) is 1. The summed E-state index contributed by atoms with van der Waals surface area (Å²) in [5.74, 6) is 0. The molecule has 0 aliphatic heterocycles. The molecule has 3 heterocycles. The van der Waals surface area contributed by atoms with Gasteiger partial charge in [-0.2, -0.15) is 5.10 Å². The molecule has 0 saturated heterocycles. The molecule has 0 radical (unpaired) electrons. The van der Waals surface area contributed by atoms with Gasteiger partial charge in [-0.3, -0.25) is 0 Å². The molecule has 0 aliphatic carbocycles. The molecule has 86 valence electrons. The van der Waals surface area contributed by atoms with Gasteiger partial charge in [0.05, 0.1) is 5.69 Å². The van der Waals surface area contributed by atoms with Gasteiger partial charge < -0.3 is 5.32 Å². The molecule has 0 bridgehead atoms. The van der Waals surface area contributed by atoms with E-state index < -0.39 is 0 Å². The lowest BCUT2D eigenvalue weighted by atomic mass is 10.3. The number of rotatable bonds is 3. The molecule has 0 unspecified atom stereocenters. The molecule has 0 aromatic carbocycles. The normalized spacial score (nSPS) is 10.9. The van der Waals surface area contributed by atoms with Crippen molar-refractivity contribution in [3.05, 3.63) is 35.2 Å². The van der Waals surface area contributed by atoms with Gasteiger partial charge in [-0.05, 0) is 6.92 Å². The Hall–Kier alpha value is -2.02. The van der Waals surface area contributed by atoms with E-state index >= 15 is 0 Å². The first-order valence-corrected chi connectivity index (χ1v) is 6.00. The molecule has 0 amide bonds. The van der Waals surface area contributed by atoms with E-state index in [-0.39, 0.29) is 0 Å². The van der Waals surface area contributed by atoms with Crippen LogP contribution in [0.1, 0.15) is 11.3 Å². The smallest absolute Gasteiger partial charge is 0.205 e. The highest BCUT2D eigenvalue weighted by Gasteiger charge is 2.01. The van der Waals surface area contributed by atoms with Crippen LogP contribution in [0.4, 0.5) is 5.13 Å². The Bertz CT molecular complexity index is 629. The van der Waals surface area contributed by atoms with E-state index in [1.165, 1.54) is 11.3 Å². The first-order valence-electron chi connectivity index (χ1n) is 5.12. The van der Waals surface area contributed by atoms with Crippen LogP contribution in [-0.4, -0.2) is 24.8 Å². The second kappa shape index (κ2) is 4.10. The Morgan fingerprint density at radius 3 is 3.24 bits per heavy atom. The summed E-state index contributed by atoms with van der Waals surface area (Å²) in [5, 5.41) is 16.0. The first-order chi connectivity index (χ1) is 8.31. The third kappa shape index (κ3) is 2.09. The summed E-state index contributed by atoms with van der Waals surface area (Å²) in [6.45, 7) is 2.62. The van der Waals surface area contributed by atoms with E-state index in [2.05, 4.69) is 25.6 Å². The van der Waals surface area contributed by atoms with Gasteiger partial charge >= 0.3 is 0 Å². The largest absolute Gasteiger partial charge is 0.356 e. The van der Waals surface area contributed by atoms with Crippen molar-refractivity contribution in [2.45, 2.75) is 13.5 Å². The van der Waals surface area contributed by atoms with Crippen LogP contribution in [0.3, 0.4) is 0 Å². The van der Waals surface area contributed by atoms with Crippen LogP contribution in [0.5, 0.6) is 0 Å². The molecule has 17 heavy (non-hydrogen) atoms. The summed E-state index contributed by atoms with van der Waals surface area (Å²) >= 11 is 1.47. The van der Waals surface area contributed by atoms with E-state index in [4.69, 9.17) is 0 Å². The molecule has 0 atom stereocenters. The molecule has 3 aromatic rings. The zero-order chi connectivity index (χ0) is 11.7. The highest BCUT2D eigenvalue weighted by Crippen LogP contribution is 2.10. The van der Waals surface area contributed by atoms with Gasteiger partial charge in [0.1, 0.15) is 5.51 Å². The fourth-order valence-corrected chi connectivity index (χ4v) is 2.00. The lowest BCUT2D eigenvalue weighted by molar-refractivity contribution is 0.894. The predicted molar refractivity (Wildman–Crippen MR) is 65.0 cm³/mol. The summed E-state index contributed by atoms with van der Waals surface area (Å²) in [6.07, 6.45) is 3.80. The van der Waals surface area contributed by atoms with E-state index in [9.17, 15) is 0 Å². The maximum Gasteiger partial charge on any atom is 0.205 e. The summed E-state index contributed by atoms with van der Waals surface area (Å²) < 4.78 is 1.78. The fraction of sp³-hybridized carbons (Fsp3) is 0.200. The Morgan fingerprint density at radius 2 is 2.41 bits per heavy atom. The first kappa shape index (κ1) is 10.2. The Labute approximate surface area is 101 Å². The number of aryl methyl sites for hydroxylation is 1. The van der Waals surface area contributed by atoms with Gasteiger partial charge in [-0.1, -0.05) is 11.3 Å². The van der Waals surface area contributed by atoms with E-state index in [0.717, 1.165) is 22.0 Å². The van der Waals surface area contributed by atoms with E-state index in [1.807, 2.05) is 25.4 Å². The third-order valence-electron chi connectivity index (χ3n) is 2.29. The number of hydrogen-bond acceptors (Lipinski definition) is 6. The van der Waals surface area contributed by atoms with Crippen molar-refractivity contribution in [3.63, 3.8) is 0 Å². The minimum atomic E-state index is 0.664. The van der Waals surface area contributed by atoms with Crippen molar-refractivity contribution in [3.8, 4) is 0 Å². The SMILES string of the molecule is Cc1cc2ncc(CNc3nncs3)cn2n1. The van der Waals surface area contributed by atoms with Crippen LogP contribution in [0.15, 0.2) is 24.0 Å². The van der Waals surface area contributed by atoms with Crippen LogP contribution in [0.2, 0.25) is 0 Å². The minimum absolute atomic E-state index is 0.664. The lowest BCUT2D eigenvalue weighted by Crippen LogP contribution is -2.02. The van der Waals surface area contributed by atoms with Crippen molar-refractivity contribution in [1.29, 1.82) is 0 Å². The highest BCUT2D eigenvalue weighted by molar-refractivity contribution is 7.13. The number of hydrogen-bond donors (Lipinski definition) is 1. The zero-order valence-electron chi connectivity index (χ0n) is 9.16. The molecule has 0 aliphatic rings. The van der Waals surface area contributed by atoms with Gasteiger partial charge in [-0.15, -0.1) is 10.2 Å². The summed E-state index contributed by atoms with van der Waals surface area (Å²) in [4.78, 5) is 4.33. The molecule has 3 rings (SSSR count). The molecular formula is C10H10N6S. The minimum Gasteiger partial charge on any atom is -0.356 e. The molecule has 3 aromatic heterocycles. The molecular weight excluding hydrogens is 236 g/mol. The zero-order valence-corrected chi connectivity index (χ0v) is 9.98. The molecule has 0 saturated carbocycles. The van der Waals surface area contributed by atoms with Gasteiger partial charge in [0.25, 0.3) is 0 Å². The maximum atomic E-state index is 4.33. The summed E-state index contributed by atoms with van der Waals surface area (Å²) in [6, 6.07) is 1.95. The van der Waals surface area contributed by atoms with Crippen LogP contribution >= 0.6 is 11.3 Å². The van der Waals surface area contributed by atoms with Crippen molar-refractivity contribution >= 4 is 22.1 Å². The number of anilines is 1.